The molecule has 0 bridgehead atoms. The fourth-order valence-corrected chi connectivity index (χ4v) is 2.63. The lowest BCUT2D eigenvalue weighted by molar-refractivity contribution is -0.195. The van der Waals surface area contributed by atoms with Crippen molar-refractivity contribution >= 4 is 17.4 Å². The summed E-state index contributed by atoms with van der Waals surface area (Å²) in [6.07, 6.45) is 1.64. The van der Waals surface area contributed by atoms with E-state index >= 15 is 0 Å². The first-order valence-electron chi connectivity index (χ1n) is 8.97. The van der Waals surface area contributed by atoms with Crippen LogP contribution in [0.1, 0.15) is 30.0 Å². The maximum absolute atomic E-state index is 12.4. The van der Waals surface area contributed by atoms with E-state index in [1.54, 1.807) is 13.0 Å². The van der Waals surface area contributed by atoms with Crippen molar-refractivity contribution in [2.75, 3.05) is 14.2 Å². The van der Waals surface area contributed by atoms with Crippen molar-refractivity contribution < 1.29 is 23.9 Å². The Kier molecular flexibility index (Phi) is 8.24. The van der Waals surface area contributed by atoms with Crippen LogP contribution < -0.4 is 0 Å². The van der Waals surface area contributed by atoms with Crippen LogP contribution in [0.3, 0.4) is 0 Å². The van der Waals surface area contributed by atoms with Crippen molar-refractivity contribution in [1.29, 1.82) is 0 Å². The number of amides is 1. The van der Waals surface area contributed by atoms with Gasteiger partial charge in [-0.05, 0) is 16.7 Å². The topological polar surface area (TPSA) is 65.1 Å². The third-order valence-corrected chi connectivity index (χ3v) is 4.07. The van der Waals surface area contributed by atoms with Crippen LogP contribution in [0.15, 0.2) is 60.9 Å². The summed E-state index contributed by atoms with van der Waals surface area (Å²) in [7, 11) is 2.77. The number of methoxy groups -OCH3 is 2. The van der Waals surface area contributed by atoms with Crippen molar-refractivity contribution in [3.05, 3.63) is 77.5 Å². The summed E-state index contributed by atoms with van der Waals surface area (Å²) in [5, 5.41) is 1.33. The number of benzene rings is 2. The molecule has 0 heterocycles. The first kappa shape index (κ1) is 21.2. The van der Waals surface area contributed by atoms with Crippen LogP contribution in [0.4, 0.5) is 0 Å². The third-order valence-electron chi connectivity index (χ3n) is 4.07. The Bertz CT molecular complexity index is 817. The van der Waals surface area contributed by atoms with Crippen LogP contribution in [0.25, 0.3) is 5.57 Å². The Morgan fingerprint density at radius 3 is 2.32 bits per heavy atom. The van der Waals surface area contributed by atoms with Crippen LogP contribution in [0.2, 0.25) is 0 Å². The lowest BCUT2D eigenvalue weighted by Gasteiger charge is -2.23. The fraction of sp³-hybridized carbons (Fsp3) is 0.273. The molecule has 0 saturated heterocycles. The molecule has 6 heteroatoms. The monoisotopic (exact) mass is 383 g/mol. The van der Waals surface area contributed by atoms with E-state index in [0.29, 0.717) is 12.0 Å². The molecule has 0 N–H and O–H groups in total. The molecule has 2 aromatic carbocycles. The largest absolute Gasteiger partial charge is 0.503 e. The number of carbonyl (C=O) groups is 2. The fourth-order valence-electron chi connectivity index (χ4n) is 2.63. The highest BCUT2D eigenvalue weighted by molar-refractivity contribution is 6.16. The molecule has 2 rings (SSSR count). The van der Waals surface area contributed by atoms with Crippen LogP contribution in [-0.4, -0.2) is 31.2 Å². The van der Waals surface area contributed by atoms with Crippen molar-refractivity contribution in [2.45, 2.75) is 26.5 Å². The molecule has 148 valence electrons. The Morgan fingerprint density at radius 1 is 1.00 bits per heavy atom. The molecule has 0 atom stereocenters. The van der Waals surface area contributed by atoms with E-state index in [1.807, 2.05) is 48.5 Å². The molecular weight excluding hydrogens is 358 g/mol. The average Bonchev–Trinajstić information content (AvgIpc) is 2.75. The normalized spacial score (nSPS) is 11.0. The molecule has 0 radical (unpaired) electrons. The number of esters is 1. The molecule has 0 aliphatic rings. The standard InChI is InChI=1S/C22H25NO5/c1-4-21(24)23(28-15-17-10-6-5-7-11-17)14-18-12-8-9-13-19(18)20(16-26-2)22(25)27-3/h5-13,16H,4,14-15H2,1-3H3. The molecular formula is C22H25NO5. The van der Waals surface area contributed by atoms with Crippen molar-refractivity contribution in [3.63, 3.8) is 0 Å². The number of ether oxygens (including phenoxy) is 2. The van der Waals surface area contributed by atoms with Gasteiger partial charge in [-0.25, -0.2) is 9.86 Å². The molecule has 0 aliphatic heterocycles. The number of carbonyl (C=O) groups excluding carboxylic acids is 2. The minimum absolute atomic E-state index is 0.152. The van der Waals surface area contributed by atoms with Gasteiger partial charge in [0.2, 0.25) is 5.91 Å². The van der Waals surface area contributed by atoms with Gasteiger partial charge in [0.25, 0.3) is 0 Å². The first-order chi connectivity index (χ1) is 13.6. The van der Waals surface area contributed by atoms with Gasteiger partial charge in [0.05, 0.1) is 27.0 Å². The molecule has 0 saturated carbocycles. The molecule has 0 aromatic heterocycles. The highest BCUT2D eigenvalue weighted by Gasteiger charge is 2.20. The van der Waals surface area contributed by atoms with Crippen molar-refractivity contribution in [3.8, 4) is 0 Å². The summed E-state index contributed by atoms with van der Waals surface area (Å²) >= 11 is 0. The van der Waals surface area contributed by atoms with E-state index in [9.17, 15) is 9.59 Å². The molecule has 28 heavy (non-hydrogen) atoms. The van der Waals surface area contributed by atoms with E-state index < -0.39 is 5.97 Å². The summed E-state index contributed by atoms with van der Waals surface area (Å²) in [6.45, 7) is 2.23. The third kappa shape index (κ3) is 5.69. The summed E-state index contributed by atoms with van der Waals surface area (Å²) in [4.78, 5) is 30.3. The molecule has 0 aliphatic carbocycles. The van der Waals surface area contributed by atoms with E-state index in [1.165, 1.54) is 25.5 Å². The maximum Gasteiger partial charge on any atom is 0.341 e. The predicted octanol–water partition coefficient (Wildman–Crippen LogP) is 3.72. The summed E-state index contributed by atoms with van der Waals surface area (Å²) in [5.74, 6) is -0.672. The van der Waals surface area contributed by atoms with Crippen LogP contribution >= 0.6 is 0 Å². The molecule has 6 nitrogen and oxygen atoms in total. The Morgan fingerprint density at radius 2 is 1.68 bits per heavy atom. The number of hydrogen-bond acceptors (Lipinski definition) is 5. The Hall–Kier alpha value is -3.12. The molecule has 0 fully saturated rings. The van der Waals surface area contributed by atoms with Gasteiger partial charge in [0.1, 0.15) is 12.2 Å². The first-order valence-corrected chi connectivity index (χ1v) is 8.97. The van der Waals surface area contributed by atoms with E-state index in [-0.39, 0.29) is 24.6 Å². The number of hydroxylamine groups is 2. The van der Waals surface area contributed by atoms with Crippen LogP contribution in [0.5, 0.6) is 0 Å². The van der Waals surface area contributed by atoms with Gasteiger partial charge in [-0.2, -0.15) is 0 Å². The van der Waals surface area contributed by atoms with Gasteiger partial charge < -0.3 is 9.47 Å². The zero-order valence-corrected chi connectivity index (χ0v) is 16.4. The second-order valence-electron chi connectivity index (χ2n) is 5.96. The zero-order chi connectivity index (χ0) is 20.4. The molecule has 0 unspecified atom stereocenters. The van der Waals surface area contributed by atoms with E-state index in [4.69, 9.17) is 14.3 Å². The lowest BCUT2D eigenvalue weighted by Crippen LogP contribution is -2.30. The Balaban J connectivity index is 2.27. The van der Waals surface area contributed by atoms with Gasteiger partial charge in [0, 0.05) is 6.42 Å². The summed E-state index contributed by atoms with van der Waals surface area (Å²) in [5.41, 5.74) is 2.59. The van der Waals surface area contributed by atoms with Crippen LogP contribution in [-0.2, 0) is 37.1 Å². The van der Waals surface area contributed by atoms with Gasteiger partial charge in [-0.1, -0.05) is 61.5 Å². The molecule has 2 aromatic rings. The minimum Gasteiger partial charge on any atom is -0.503 e. The zero-order valence-electron chi connectivity index (χ0n) is 16.4. The number of nitrogens with zero attached hydrogens (tertiary/aromatic N) is 1. The van der Waals surface area contributed by atoms with E-state index in [0.717, 1.165) is 11.1 Å². The second-order valence-corrected chi connectivity index (χ2v) is 5.96. The molecule has 1 amide bonds. The quantitative estimate of drug-likeness (QED) is 0.286. The van der Waals surface area contributed by atoms with Gasteiger partial charge >= 0.3 is 5.97 Å². The van der Waals surface area contributed by atoms with Crippen molar-refractivity contribution in [2.24, 2.45) is 0 Å². The van der Waals surface area contributed by atoms with E-state index in [2.05, 4.69) is 0 Å². The van der Waals surface area contributed by atoms with Gasteiger partial charge in [-0.15, -0.1) is 0 Å². The SMILES string of the molecule is CCC(=O)N(Cc1ccccc1C(=COC)C(=O)OC)OCc1ccccc1. The van der Waals surface area contributed by atoms with Crippen LogP contribution in [0, 0.1) is 0 Å². The lowest BCUT2D eigenvalue weighted by atomic mass is 10.0. The average molecular weight is 383 g/mol. The van der Waals surface area contributed by atoms with Gasteiger partial charge in [0.15, 0.2) is 0 Å². The summed E-state index contributed by atoms with van der Waals surface area (Å²) < 4.78 is 9.89. The predicted molar refractivity (Wildman–Crippen MR) is 106 cm³/mol. The summed E-state index contributed by atoms with van der Waals surface area (Å²) in [6, 6.07) is 16.9. The second kappa shape index (κ2) is 10.9. The number of rotatable bonds is 9. The number of hydrogen-bond donors (Lipinski definition) is 0. The smallest absolute Gasteiger partial charge is 0.341 e. The highest BCUT2D eigenvalue weighted by atomic mass is 16.7. The highest BCUT2D eigenvalue weighted by Crippen LogP contribution is 2.23. The molecule has 0 spiro atoms. The maximum atomic E-state index is 12.4. The van der Waals surface area contributed by atoms with Gasteiger partial charge in [-0.3, -0.25) is 9.63 Å². The van der Waals surface area contributed by atoms with Crippen molar-refractivity contribution in [1.82, 2.24) is 5.06 Å². The Labute approximate surface area is 165 Å². The minimum atomic E-state index is -0.520.